The van der Waals surface area contributed by atoms with Crippen LogP contribution in [-0.4, -0.2) is 63.9 Å². The van der Waals surface area contributed by atoms with E-state index < -0.39 is 0 Å². The van der Waals surface area contributed by atoms with Gasteiger partial charge in [-0.15, -0.1) is 24.0 Å². The lowest BCUT2D eigenvalue weighted by Crippen LogP contribution is -2.38. The van der Waals surface area contributed by atoms with Gasteiger partial charge in [0.1, 0.15) is 5.75 Å². The molecule has 0 amide bonds. The SMILES string of the molecule is CCN(CCNC(=NC)Nc1cccc(OCCCOC)c1)C1CC1.I. The number of rotatable bonds is 11. The van der Waals surface area contributed by atoms with Crippen LogP contribution < -0.4 is 15.4 Å². The van der Waals surface area contributed by atoms with E-state index in [1.807, 2.05) is 24.3 Å². The smallest absolute Gasteiger partial charge is 0.195 e. The van der Waals surface area contributed by atoms with Crippen LogP contribution in [0.3, 0.4) is 0 Å². The van der Waals surface area contributed by atoms with Crippen molar-refractivity contribution in [3.63, 3.8) is 0 Å². The molecule has 0 aliphatic heterocycles. The summed E-state index contributed by atoms with van der Waals surface area (Å²) < 4.78 is 10.8. The number of guanidine groups is 1. The van der Waals surface area contributed by atoms with Crippen molar-refractivity contribution in [1.82, 2.24) is 10.2 Å². The van der Waals surface area contributed by atoms with Crippen LogP contribution >= 0.6 is 24.0 Å². The summed E-state index contributed by atoms with van der Waals surface area (Å²) in [6, 6.07) is 8.74. The molecule has 0 radical (unpaired) electrons. The van der Waals surface area contributed by atoms with Gasteiger partial charge in [0.2, 0.25) is 0 Å². The largest absolute Gasteiger partial charge is 0.493 e. The minimum Gasteiger partial charge on any atom is -0.493 e. The fourth-order valence-electron chi connectivity index (χ4n) is 2.73. The average molecular weight is 476 g/mol. The van der Waals surface area contributed by atoms with Crippen LogP contribution in [0.4, 0.5) is 5.69 Å². The third kappa shape index (κ3) is 8.55. The first kappa shape index (κ1) is 23.0. The van der Waals surface area contributed by atoms with Gasteiger partial charge in [-0.2, -0.15) is 0 Å². The number of methoxy groups -OCH3 is 1. The highest BCUT2D eigenvalue weighted by molar-refractivity contribution is 14.0. The van der Waals surface area contributed by atoms with E-state index in [1.165, 1.54) is 12.8 Å². The second kappa shape index (κ2) is 13.2. The molecule has 0 aromatic heterocycles. The van der Waals surface area contributed by atoms with Crippen molar-refractivity contribution in [3.05, 3.63) is 24.3 Å². The predicted molar refractivity (Wildman–Crippen MR) is 119 cm³/mol. The Morgan fingerprint density at radius 1 is 1.31 bits per heavy atom. The minimum absolute atomic E-state index is 0. The maximum Gasteiger partial charge on any atom is 0.195 e. The van der Waals surface area contributed by atoms with E-state index in [1.54, 1.807) is 14.2 Å². The van der Waals surface area contributed by atoms with Gasteiger partial charge in [0.15, 0.2) is 5.96 Å². The van der Waals surface area contributed by atoms with Gasteiger partial charge in [-0.05, 0) is 31.5 Å². The Kier molecular flexibility index (Phi) is 11.6. The molecule has 6 nitrogen and oxygen atoms in total. The molecule has 1 aliphatic carbocycles. The third-order valence-corrected chi connectivity index (χ3v) is 4.24. The molecule has 148 valence electrons. The number of hydrogen-bond acceptors (Lipinski definition) is 4. The number of anilines is 1. The number of likely N-dealkylation sites (N-methyl/N-ethyl adjacent to an activating group) is 1. The van der Waals surface area contributed by atoms with Crippen molar-refractivity contribution < 1.29 is 9.47 Å². The third-order valence-electron chi connectivity index (χ3n) is 4.24. The lowest BCUT2D eigenvalue weighted by atomic mass is 10.3. The first-order chi connectivity index (χ1) is 12.3. The monoisotopic (exact) mass is 476 g/mol. The maximum absolute atomic E-state index is 5.74. The molecule has 1 fully saturated rings. The normalized spacial score (nSPS) is 14.1. The van der Waals surface area contributed by atoms with E-state index in [0.29, 0.717) is 13.2 Å². The van der Waals surface area contributed by atoms with Crippen molar-refractivity contribution >= 4 is 35.6 Å². The van der Waals surface area contributed by atoms with E-state index in [0.717, 1.165) is 49.5 Å². The Bertz CT molecular complexity index is 538. The zero-order valence-electron chi connectivity index (χ0n) is 16.2. The van der Waals surface area contributed by atoms with E-state index in [4.69, 9.17) is 9.47 Å². The Hall–Kier alpha value is -1.06. The first-order valence-electron chi connectivity index (χ1n) is 9.20. The van der Waals surface area contributed by atoms with Crippen LogP contribution in [0.2, 0.25) is 0 Å². The summed E-state index contributed by atoms with van der Waals surface area (Å²) in [5.41, 5.74) is 0.965. The Morgan fingerprint density at radius 2 is 2.12 bits per heavy atom. The zero-order chi connectivity index (χ0) is 17.9. The van der Waals surface area contributed by atoms with E-state index in [9.17, 15) is 0 Å². The summed E-state index contributed by atoms with van der Waals surface area (Å²) in [5.74, 6) is 1.63. The summed E-state index contributed by atoms with van der Waals surface area (Å²) >= 11 is 0. The second-order valence-electron chi connectivity index (χ2n) is 6.21. The van der Waals surface area contributed by atoms with Crippen LogP contribution in [0, 0.1) is 0 Å². The quantitative estimate of drug-likeness (QED) is 0.222. The Balaban J connectivity index is 0.00000338. The first-order valence-corrected chi connectivity index (χ1v) is 9.20. The van der Waals surface area contributed by atoms with Crippen LogP contribution in [0.25, 0.3) is 0 Å². The van der Waals surface area contributed by atoms with Gasteiger partial charge in [0, 0.05) is 58.1 Å². The molecule has 0 saturated heterocycles. The van der Waals surface area contributed by atoms with Gasteiger partial charge in [0.25, 0.3) is 0 Å². The van der Waals surface area contributed by atoms with Gasteiger partial charge in [-0.3, -0.25) is 9.89 Å². The van der Waals surface area contributed by atoms with Crippen LogP contribution in [0.1, 0.15) is 26.2 Å². The highest BCUT2D eigenvalue weighted by Crippen LogP contribution is 2.25. The van der Waals surface area contributed by atoms with Crippen molar-refractivity contribution in [2.75, 3.05) is 52.3 Å². The average Bonchev–Trinajstić information content (AvgIpc) is 3.47. The topological polar surface area (TPSA) is 58.1 Å². The molecule has 1 aromatic rings. The van der Waals surface area contributed by atoms with Gasteiger partial charge in [-0.1, -0.05) is 13.0 Å². The minimum atomic E-state index is 0. The van der Waals surface area contributed by atoms with Gasteiger partial charge in [0.05, 0.1) is 6.61 Å². The molecule has 0 bridgehead atoms. The molecule has 2 N–H and O–H groups in total. The van der Waals surface area contributed by atoms with Gasteiger partial charge < -0.3 is 20.1 Å². The number of ether oxygens (including phenoxy) is 2. The fourth-order valence-corrected chi connectivity index (χ4v) is 2.73. The lowest BCUT2D eigenvalue weighted by Gasteiger charge is -2.20. The van der Waals surface area contributed by atoms with Crippen molar-refractivity contribution in [2.45, 2.75) is 32.2 Å². The van der Waals surface area contributed by atoms with Gasteiger partial charge in [-0.25, -0.2) is 0 Å². The number of nitrogens with one attached hydrogen (secondary N) is 2. The predicted octanol–water partition coefficient (Wildman–Crippen LogP) is 3.19. The number of halogens is 1. The number of aliphatic imine (C=N–C) groups is 1. The highest BCUT2D eigenvalue weighted by Gasteiger charge is 2.27. The highest BCUT2D eigenvalue weighted by atomic mass is 127. The maximum atomic E-state index is 5.74. The molecule has 2 rings (SSSR count). The lowest BCUT2D eigenvalue weighted by molar-refractivity contribution is 0.172. The summed E-state index contributed by atoms with van der Waals surface area (Å²) in [6.45, 7) is 6.63. The summed E-state index contributed by atoms with van der Waals surface area (Å²) in [7, 11) is 3.49. The molecule has 1 saturated carbocycles. The van der Waals surface area contributed by atoms with Gasteiger partial charge >= 0.3 is 0 Å². The Morgan fingerprint density at radius 3 is 2.77 bits per heavy atom. The molecule has 7 heteroatoms. The van der Waals surface area contributed by atoms with Crippen LogP contribution in [0.5, 0.6) is 5.75 Å². The molecule has 1 aromatic carbocycles. The molecule has 0 unspecified atom stereocenters. The number of hydrogen-bond donors (Lipinski definition) is 2. The van der Waals surface area contributed by atoms with Crippen LogP contribution in [0.15, 0.2) is 29.3 Å². The Labute approximate surface area is 174 Å². The molecular formula is C19H33IN4O2. The van der Waals surface area contributed by atoms with Crippen LogP contribution in [-0.2, 0) is 4.74 Å². The van der Waals surface area contributed by atoms with E-state index >= 15 is 0 Å². The van der Waals surface area contributed by atoms with E-state index in [-0.39, 0.29) is 24.0 Å². The molecular weight excluding hydrogens is 443 g/mol. The molecule has 1 aliphatic rings. The second-order valence-corrected chi connectivity index (χ2v) is 6.21. The number of benzene rings is 1. The van der Waals surface area contributed by atoms with E-state index in [2.05, 4.69) is 27.4 Å². The van der Waals surface area contributed by atoms with Crippen molar-refractivity contribution in [3.8, 4) is 5.75 Å². The standard InChI is InChI=1S/C19H32N4O2.HI/c1-4-23(17-9-10-17)12-11-21-19(20-2)22-16-7-5-8-18(15-16)25-14-6-13-24-3;/h5,7-8,15,17H,4,6,9-14H2,1-3H3,(H2,20,21,22);1H. The summed E-state index contributed by atoms with van der Waals surface area (Å²) in [6.07, 6.45) is 3.57. The molecule has 26 heavy (non-hydrogen) atoms. The summed E-state index contributed by atoms with van der Waals surface area (Å²) in [5, 5.41) is 6.71. The fraction of sp³-hybridized carbons (Fsp3) is 0.632. The molecule has 0 heterocycles. The van der Waals surface area contributed by atoms with Crippen molar-refractivity contribution in [1.29, 1.82) is 0 Å². The summed E-state index contributed by atoms with van der Waals surface area (Å²) in [4.78, 5) is 6.82. The molecule has 0 atom stereocenters. The molecule has 0 spiro atoms. The zero-order valence-corrected chi connectivity index (χ0v) is 18.5. The van der Waals surface area contributed by atoms with Crippen molar-refractivity contribution in [2.24, 2.45) is 4.99 Å². The number of nitrogens with zero attached hydrogens (tertiary/aromatic N) is 2.